The van der Waals surface area contributed by atoms with Crippen LogP contribution in [-0.2, 0) is 17.9 Å². The van der Waals surface area contributed by atoms with Gasteiger partial charge < -0.3 is 20.9 Å². The van der Waals surface area contributed by atoms with Gasteiger partial charge in [0.2, 0.25) is 5.91 Å². The van der Waals surface area contributed by atoms with E-state index in [9.17, 15) is 13.6 Å². The predicted molar refractivity (Wildman–Crippen MR) is 107 cm³/mol. The molecule has 0 unspecified atom stereocenters. The van der Waals surface area contributed by atoms with Gasteiger partial charge in [-0.25, -0.2) is 8.78 Å². The fourth-order valence-corrected chi connectivity index (χ4v) is 2.51. The van der Waals surface area contributed by atoms with E-state index in [2.05, 4.69) is 20.9 Å². The quantitative estimate of drug-likeness (QED) is 0.502. The van der Waals surface area contributed by atoms with Crippen molar-refractivity contribution < 1.29 is 13.6 Å². The summed E-state index contributed by atoms with van der Waals surface area (Å²) in [6.45, 7) is 0.849. The topological polar surface area (TPSA) is 68.8 Å². The number of benzene rings is 2. The Labute approximate surface area is 163 Å². The SMILES string of the molecule is CN=C(NCc1cccc(NC(=O)CN(C)C)c1)NCc1cc(F)ccc1F. The molecule has 2 aromatic carbocycles. The van der Waals surface area contributed by atoms with Gasteiger partial charge in [0.25, 0.3) is 0 Å². The van der Waals surface area contributed by atoms with Crippen LogP contribution in [0.5, 0.6) is 0 Å². The number of nitrogens with one attached hydrogen (secondary N) is 3. The van der Waals surface area contributed by atoms with Crippen molar-refractivity contribution in [1.82, 2.24) is 15.5 Å². The molecule has 0 aliphatic heterocycles. The van der Waals surface area contributed by atoms with Crippen molar-refractivity contribution in [3.63, 3.8) is 0 Å². The number of carbonyl (C=O) groups excluding carboxylic acids is 1. The molecule has 150 valence electrons. The molecule has 0 bridgehead atoms. The van der Waals surface area contributed by atoms with Gasteiger partial charge in [-0.1, -0.05) is 12.1 Å². The van der Waals surface area contributed by atoms with E-state index in [1.807, 2.05) is 38.4 Å². The summed E-state index contributed by atoms with van der Waals surface area (Å²) >= 11 is 0. The summed E-state index contributed by atoms with van der Waals surface area (Å²) in [6, 6.07) is 10.8. The summed E-state index contributed by atoms with van der Waals surface area (Å²) < 4.78 is 26.9. The lowest BCUT2D eigenvalue weighted by Crippen LogP contribution is -2.36. The Morgan fingerprint density at radius 2 is 1.82 bits per heavy atom. The van der Waals surface area contributed by atoms with E-state index in [0.717, 1.165) is 23.8 Å². The van der Waals surface area contributed by atoms with Crippen molar-refractivity contribution in [1.29, 1.82) is 0 Å². The first-order valence-corrected chi connectivity index (χ1v) is 8.79. The molecule has 8 heteroatoms. The molecule has 28 heavy (non-hydrogen) atoms. The van der Waals surface area contributed by atoms with Gasteiger partial charge in [-0.2, -0.15) is 0 Å². The maximum Gasteiger partial charge on any atom is 0.238 e. The molecular formula is C20H25F2N5O. The molecule has 0 fully saturated rings. The molecule has 0 heterocycles. The molecule has 0 spiro atoms. The minimum Gasteiger partial charge on any atom is -0.352 e. The number of hydrogen-bond acceptors (Lipinski definition) is 3. The maximum atomic E-state index is 13.7. The predicted octanol–water partition coefficient (Wildman–Crippen LogP) is 2.33. The lowest BCUT2D eigenvalue weighted by molar-refractivity contribution is -0.116. The summed E-state index contributed by atoms with van der Waals surface area (Å²) in [7, 11) is 5.25. The van der Waals surface area contributed by atoms with E-state index in [-0.39, 0.29) is 18.0 Å². The van der Waals surface area contributed by atoms with Crippen LogP contribution in [-0.4, -0.2) is 44.5 Å². The van der Waals surface area contributed by atoms with E-state index >= 15 is 0 Å². The van der Waals surface area contributed by atoms with Crippen LogP contribution in [0.3, 0.4) is 0 Å². The van der Waals surface area contributed by atoms with Crippen LogP contribution in [0.4, 0.5) is 14.5 Å². The number of halogens is 2. The van der Waals surface area contributed by atoms with E-state index in [0.29, 0.717) is 24.7 Å². The minimum absolute atomic E-state index is 0.0929. The third-order valence-corrected chi connectivity index (χ3v) is 3.81. The number of hydrogen-bond donors (Lipinski definition) is 3. The molecule has 2 rings (SSSR count). The number of nitrogens with zero attached hydrogens (tertiary/aromatic N) is 2. The molecule has 2 aromatic rings. The average molecular weight is 389 g/mol. The molecular weight excluding hydrogens is 364 g/mol. The zero-order valence-electron chi connectivity index (χ0n) is 16.2. The highest BCUT2D eigenvalue weighted by molar-refractivity contribution is 5.92. The Hall–Kier alpha value is -3.00. The van der Waals surface area contributed by atoms with Gasteiger partial charge in [0.1, 0.15) is 11.6 Å². The maximum absolute atomic E-state index is 13.7. The fraction of sp³-hybridized carbons (Fsp3) is 0.300. The Morgan fingerprint density at radius 3 is 2.54 bits per heavy atom. The van der Waals surface area contributed by atoms with Gasteiger partial charge in [0, 0.05) is 31.4 Å². The largest absolute Gasteiger partial charge is 0.352 e. The summed E-state index contributed by atoms with van der Waals surface area (Å²) in [5.41, 5.74) is 1.85. The van der Waals surface area contributed by atoms with Crippen LogP contribution in [0.1, 0.15) is 11.1 Å². The molecule has 0 saturated carbocycles. The second-order valence-corrected chi connectivity index (χ2v) is 6.50. The number of carbonyl (C=O) groups is 1. The van der Waals surface area contributed by atoms with E-state index in [1.165, 1.54) is 0 Å². The first kappa shape index (κ1) is 21.3. The number of aliphatic imine (C=N–C) groups is 1. The van der Waals surface area contributed by atoms with Crippen LogP contribution in [0.2, 0.25) is 0 Å². The lowest BCUT2D eigenvalue weighted by atomic mass is 10.2. The molecule has 0 aliphatic rings. The normalized spacial score (nSPS) is 11.4. The average Bonchev–Trinajstić information content (AvgIpc) is 2.64. The number of rotatable bonds is 7. The van der Waals surface area contributed by atoms with Crippen LogP contribution in [0.15, 0.2) is 47.5 Å². The van der Waals surface area contributed by atoms with Crippen molar-refractivity contribution >= 4 is 17.6 Å². The second-order valence-electron chi connectivity index (χ2n) is 6.50. The zero-order valence-corrected chi connectivity index (χ0v) is 16.2. The van der Waals surface area contributed by atoms with Crippen LogP contribution < -0.4 is 16.0 Å². The molecule has 6 nitrogen and oxygen atoms in total. The Bertz CT molecular complexity index is 839. The van der Waals surface area contributed by atoms with Crippen molar-refractivity contribution in [3.8, 4) is 0 Å². The number of likely N-dealkylation sites (N-methyl/N-ethyl adjacent to an activating group) is 1. The molecule has 0 atom stereocenters. The minimum atomic E-state index is -0.491. The highest BCUT2D eigenvalue weighted by Crippen LogP contribution is 2.11. The van der Waals surface area contributed by atoms with Crippen molar-refractivity contribution in [2.75, 3.05) is 33.0 Å². The highest BCUT2D eigenvalue weighted by Gasteiger charge is 2.07. The van der Waals surface area contributed by atoms with Gasteiger partial charge in [-0.05, 0) is 50.0 Å². The number of amides is 1. The molecule has 1 amide bonds. The standard InChI is InChI=1S/C20H25F2N5O/c1-23-20(25-12-15-10-16(21)7-8-18(15)22)24-11-14-5-4-6-17(9-14)26-19(28)13-27(2)3/h4-10H,11-13H2,1-3H3,(H,26,28)(H2,23,24,25). The van der Waals surface area contributed by atoms with Gasteiger partial charge in [0.15, 0.2) is 5.96 Å². The van der Waals surface area contributed by atoms with Crippen molar-refractivity contribution in [2.24, 2.45) is 4.99 Å². The van der Waals surface area contributed by atoms with Crippen LogP contribution >= 0.6 is 0 Å². The van der Waals surface area contributed by atoms with E-state index in [1.54, 1.807) is 11.9 Å². The summed E-state index contributed by atoms with van der Waals surface area (Å²) in [6.07, 6.45) is 0. The van der Waals surface area contributed by atoms with Crippen LogP contribution in [0.25, 0.3) is 0 Å². The highest BCUT2D eigenvalue weighted by atomic mass is 19.1. The Morgan fingerprint density at radius 1 is 1.07 bits per heavy atom. The van der Waals surface area contributed by atoms with Gasteiger partial charge in [-0.3, -0.25) is 9.79 Å². The summed E-state index contributed by atoms with van der Waals surface area (Å²) in [5, 5.41) is 8.90. The van der Waals surface area contributed by atoms with Crippen LogP contribution in [0, 0.1) is 11.6 Å². The monoisotopic (exact) mass is 389 g/mol. The molecule has 0 aromatic heterocycles. The van der Waals surface area contributed by atoms with E-state index < -0.39 is 11.6 Å². The molecule has 0 radical (unpaired) electrons. The van der Waals surface area contributed by atoms with Gasteiger partial charge in [-0.15, -0.1) is 0 Å². The zero-order chi connectivity index (χ0) is 20.5. The first-order valence-electron chi connectivity index (χ1n) is 8.79. The molecule has 3 N–H and O–H groups in total. The number of anilines is 1. The molecule has 0 saturated heterocycles. The van der Waals surface area contributed by atoms with E-state index in [4.69, 9.17) is 0 Å². The second kappa shape index (κ2) is 10.4. The summed E-state index contributed by atoms with van der Waals surface area (Å²) in [5.74, 6) is -0.616. The Balaban J connectivity index is 1.90. The van der Waals surface area contributed by atoms with Crippen molar-refractivity contribution in [2.45, 2.75) is 13.1 Å². The Kier molecular flexibility index (Phi) is 7.88. The number of guanidine groups is 1. The third-order valence-electron chi connectivity index (χ3n) is 3.81. The van der Waals surface area contributed by atoms with Crippen molar-refractivity contribution in [3.05, 3.63) is 65.2 Å². The van der Waals surface area contributed by atoms with Gasteiger partial charge >= 0.3 is 0 Å². The third kappa shape index (κ3) is 6.96. The first-order chi connectivity index (χ1) is 13.4. The lowest BCUT2D eigenvalue weighted by Gasteiger charge is -2.14. The molecule has 0 aliphatic carbocycles. The fourth-order valence-electron chi connectivity index (χ4n) is 2.51. The van der Waals surface area contributed by atoms with Gasteiger partial charge in [0.05, 0.1) is 6.54 Å². The summed E-state index contributed by atoms with van der Waals surface area (Å²) in [4.78, 5) is 17.7. The smallest absolute Gasteiger partial charge is 0.238 e.